The van der Waals surface area contributed by atoms with Crippen molar-refractivity contribution in [3.63, 3.8) is 0 Å². The first kappa shape index (κ1) is 14.2. The molecule has 104 valence electrons. The Kier molecular flexibility index (Phi) is 4.68. The van der Waals surface area contributed by atoms with Gasteiger partial charge in [0.25, 0.3) is 0 Å². The maximum Gasteiger partial charge on any atom is 0.0483 e. The molecule has 0 spiro atoms. The van der Waals surface area contributed by atoms with Gasteiger partial charge in [0.2, 0.25) is 0 Å². The Labute approximate surface area is 117 Å². The van der Waals surface area contributed by atoms with E-state index in [4.69, 9.17) is 0 Å². The summed E-state index contributed by atoms with van der Waals surface area (Å²) in [6.07, 6.45) is 6.22. The molecule has 0 aliphatic rings. The predicted octanol–water partition coefficient (Wildman–Crippen LogP) is 5.59. The van der Waals surface area contributed by atoms with Crippen molar-refractivity contribution in [2.75, 3.05) is 0 Å². The summed E-state index contributed by atoms with van der Waals surface area (Å²) < 4.78 is 2.42. The molecule has 0 bridgehead atoms. The van der Waals surface area contributed by atoms with Gasteiger partial charge in [0, 0.05) is 23.6 Å². The summed E-state index contributed by atoms with van der Waals surface area (Å²) in [5.41, 5.74) is 2.87. The molecule has 0 fully saturated rings. The average Bonchev–Trinajstić information content (AvgIpc) is 2.77. The Morgan fingerprint density at radius 2 is 1.79 bits per heavy atom. The smallest absolute Gasteiger partial charge is 0.0483 e. The topological polar surface area (TPSA) is 4.93 Å². The molecule has 0 N–H and O–H groups in total. The average molecular weight is 257 g/mol. The SMILES string of the molecule is CC(C)CCCCn1ccc2c(C(C)C)cccc21. The monoisotopic (exact) mass is 257 g/mol. The molecule has 0 atom stereocenters. The Morgan fingerprint density at radius 3 is 2.47 bits per heavy atom. The summed E-state index contributed by atoms with van der Waals surface area (Å²) in [6.45, 7) is 10.3. The number of hydrogen-bond donors (Lipinski definition) is 0. The van der Waals surface area contributed by atoms with Gasteiger partial charge in [-0.1, -0.05) is 52.7 Å². The molecule has 1 aromatic carbocycles. The van der Waals surface area contributed by atoms with Crippen LogP contribution in [0.3, 0.4) is 0 Å². The molecule has 0 saturated carbocycles. The van der Waals surface area contributed by atoms with Gasteiger partial charge in [-0.2, -0.15) is 0 Å². The van der Waals surface area contributed by atoms with Crippen LogP contribution in [-0.2, 0) is 6.54 Å². The summed E-state index contributed by atoms with van der Waals surface area (Å²) >= 11 is 0. The van der Waals surface area contributed by atoms with E-state index in [9.17, 15) is 0 Å². The Balaban J connectivity index is 2.10. The second kappa shape index (κ2) is 6.27. The third kappa shape index (κ3) is 3.40. The molecule has 2 rings (SSSR count). The van der Waals surface area contributed by atoms with E-state index in [1.807, 2.05) is 0 Å². The van der Waals surface area contributed by atoms with Crippen LogP contribution in [0, 0.1) is 5.92 Å². The number of hydrogen-bond acceptors (Lipinski definition) is 0. The number of benzene rings is 1. The van der Waals surface area contributed by atoms with E-state index in [-0.39, 0.29) is 0 Å². The van der Waals surface area contributed by atoms with Gasteiger partial charge in [0.15, 0.2) is 0 Å². The molecule has 1 heterocycles. The van der Waals surface area contributed by atoms with Gasteiger partial charge in [-0.05, 0) is 36.0 Å². The number of unbranched alkanes of at least 4 members (excludes halogenated alkanes) is 1. The van der Waals surface area contributed by atoms with E-state index < -0.39 is 0 Å². The molecule has 19 heavy (non-hydrogen) atoms. The summed E-state index contributed by atoms with van der Waals surface area (Å²) in [7, 11) is 0. The van der Waals surface area contributed by atoms with Gasteiger partial charge in [0.1, 0.15) is 0 Å². The number of fused-ring (bicyclic) bond motifs is 1. The number of aryl methyl sites for hydroxylation is 1. The lowest BCUT2D eigenvalue weighted by Crippen LogP contribution is -1.98. The lowest BCUT2D eigenvalue weighted by Gasteiger charge is -2.10. The third-order valence-electron chi connectivity index (χ3n) is 3.90. The number of rotatable bonds is 6. The van der Waals surface area contributed by atoms with Crippen molar-refractivity contribution in [3.8, 4) is 0 Å². The van der Waals surface area contributed by atoms with Crippen LogP contribution in [0.2, 0.25) is 0 Å². The second-order valence-corrected chi connectivity index (χ2v) is 6.33. The molecule has 1 aromatic heterocycles. The summed E-state index contributed by atoms with van der Waals surface area (Å²) in [5, 5.41) is 1.43. The lowest BCUT2D eigenvalue weighted by atomic mass is 9.99. The largest absolute Gasteiger partial charge is 0.347 e. The molecular weight excluding hydrogens is 230 g/mol. The zero-order valence-electron chi connectivity index (χ0n) is 12.8. The predicted molar refractivity (Wildman–Crippen MR) is 84.7 cm³/mol. The zero-order chi connectivity index (χ0) is 13.8. The zero-order valence-corrected chi connectivity index (χ0v) is 12.8. The minimum atomic E-state index is 0.598. The Bertz CT molecular complexity index is 519. The van der Waals surface area contributed by atoms with Crippen LogP contribution in [0.4, 0.5) is 0 Å². The van der Waals surface area contributed by atoms with Gasteiger partial charge in [-0.25, -0.2) is 0 Å². The molecule has 0 radical (unpaired) electrons. The maximum atomic E-state index is 2.42. The Morgan fingerprint density at radius 1 is 1.00 bits per heavy atom. The first-order chi connectivity index (χ1) is 9.09. The van der Waals surface area contributed by atoms with E-state index in [2.05, 4.69) is 62.7 Å². The van der Waals surface area contributed by atoms with Crippen LogP contribution >= 0.6 is 0 Å². The quantitative estimate of drug-likeness (QED) is 0.594. The number of aromatic nitrogens is 1. The third-order valence-corrected chi connectivity index (χ3v) is 3.90. The van der Waals surface area contributed by atoms with Crippen LogP contribution in [-0.4, -0.2) is 4.57 Å². The molecule has 0 unspecified atom stereocenters. The molecule has 0 aliphatic carbocycles. The van der Waals surface area contributed by atoms with E-state index in [1.165, 1.54) is 35.7 Å². The first-order valence-electron chi connectivity index (χ1n) is 7.67. The Hall–Kier alpha value is -1.24. The van der Waals surface area contributed by atoms with Crippen molar-refractivity contribution in [2.45, 2.75) is 59.4 Å². The fraction of sp³-hybridized carbons (Fsp3) is 0.556. The number of nitrogens with zero attached hydrogens (tertiary/aromatic N) is 1. The lowest BCUT2D eigenvalue weighted by molar-refractivity contribution is 0.513. The van der Waals surface area contributed by atoms with E-state index >= 15 is 0 Å². The van der Waals surface area contributed by atoms with Crippen LogP contribution in [0.5, 0.6) is 0 Å². The molecule has 2 aromatic rings. The van der Waals surface area contributed by atoms with Gasteiger partial charge in [0.05, 0.1) is 0 Å². The van der Waals surface area contributed by atoms with E-state index in [1.54, 1.807) is 0 Å². The normalized spacial score (nSPS) is 11.9. The molecule has 0 amide bonds. The molecule has 0 saturated heterocycles. The van der Waals surface area contributed by atoms with Crippen LogP contribution in [0.25, 0.3) is 10.9 Å². The van der Waals surface area contributed by atoms with E-state index in [0.717, 1.165) is 12.5 Å². The highest BCUT2D eigenvalue weighted by Gasteiger charge is 2.07. The molecule has 1 heteroatoms. The highest BCUT2D eigenvalue weighted by Crippen LogP contribution is 2.26. The van der Waals surface area contributed by atoms with Crippen molar-refractivity contribution in [1.29, 1.82) is 0 Å². The molecule has 1 nitrogen and oxygen atoms in total. The molecular formula is C18H27N. The van der Waals surface area contributed by atoms with Crippen LogP contribution in [0.15, 0.2) is 30.5 Å². The van der Waals surface area contributed by atoms with Crippen LogP contribution in [0.1, 0.15) is 58.4 Å². The highest BCUT2D eigenvalue weighted by molar-refractivity contribution is 5.84. The van der Waals surface area contributed by atoms with Crippen molar-refractivity contribution >= 4 is 10.9 Å². The van der Waals surface area contributed by atoms with Crippen molar-refractivity contribution in [2.24, 2.45) is 5.92 Å². The minimum absolute atomic E-state index is 0.598. The standard InChI is InChI=1S/C18H27N/c1-14(2)8-5-6-12-19-13-11-17-16(15(3)4)9-7-10-18(17)19/h7,9-11,13-15H,5-6,8,12H2,1-4H3. The maximum absolute atomic E-state index is 2.42. The fourth-order valence-corrected chi connectivity index (χ4v) is 2.78. The van der Waals surface area contributed by atoms with Crippen LogP contribution < -0.4 is 0 Å². The van der Waals surface area contributed by atoms with E-state index in [0.29, 0.717) is 5.92 Å². The van der Waals surface area contributed by atoms with Gasteiger partial charge in [-0.15, -0.1) is 0 Å². The summed E-state index contributed by atoms with van der Waals surface area (Å²) in [4.78, 5) is 0. The summed E-state index contributed by atoms with van der Waals surface area (Å²) in [5.74, 6) is 1.43. The minimum Gasteiger partial charge on any atom is -0.347 e. The highest BCUT2D eigenvalue weighted by atomic mass is 14.9. The fourth-order valence-electron chi connectivity index (χ4n) is 2.78. The van der Waals surface area contributed by atoms with Gasteiger partial charge < -0.3 is 4.57 Å². The van der Waals surface area contributed by atoms with Gasteiger partial charge >= 0.3 is 0 Å². The molecule has 0 aliphatic heterocycles. The summed E-state index contributed by atoms with van der Waals surface area (Å²) in [6, 6.07) is 9.00. The second-order valence-electron chi connectivity index (χ2n) is 6.33. The van der Waals surface area contributed by atoms with Crippen molar-refractivity contribution in [1.82, 2.24) is 4.57 Å². The van der Waals surface area contributed by atoms with Crippen molar-refractivity contribution < 1.29 is 0 Å². The van der Waals surface area contributed by atoms with Gasteiger partial charge in [-0.3, -0.25) is 0 Å². The first-order valence-corrected chi connectivity index (χ1v) is 7.67. The van der Waals surface area contributed by atoms with Crippen molar-refractivity contribution in [3.05, 3.63) is 36.0 Å².